The van der Waals surface area contributed by atoms with Crippen LogP contribution < -0.4 is 10.6 Å². The van der Waals surface area contributed by atoms with Crippen LogP contribution in [0.25, 0.3) is 0 Å². The number of alkyl halides is 1. The first-order chi connectivity index (χ1) is 8.52. The number of aliphatic hydroxyl groups excluding tert-OH is 1. The molecule has 0 heterocycles. The standard InChI is InChI=1S/C13H19ClN2O2/c1-9(2)13(18)16-11-5-3-4-10(6-11)15-8-12(17)7-14/h3-6,9,12,15,17H,7-8H2,1-2H3,(H,16,18). The van der Waals surface area contributed by atoms with Gasteiger partial charge in [-0.05, 0) is 18.2 Å². The Hall–Kier alpha value is -1.26. The van der Waals surface area contributed by atoms with Crippen LogP contribution in [-0.4, -0.2) is 29.5 Å². The lowest BCUT2D eigenvalue weighted by atomic mass is 10.2. The molecular weight excluding hydrogens is 252 g/mol. The van der Waals surface area contributed by atoms with Crippen molar-refractivity contribution in [1.29, 1.82) is 0 Å². The fraction of sp³-hybridized carbons (Fsp3) is 0.462. The van der Waals surface area contributed by atoms with Gasteiger partial charge in [0.1, 0.15) is 0 Å². The fourth-order valence-electron chi connectivity index (χ4n) is 1.28. The van der Waals surface area contributed by atoms with Crippen LogP contribution in [0.3, 0.4) is 0 Å². The molecule has 0 fully saturated rings. The van der Waals surface area contributed by atoms with Crippen LogP contribution >= 0.6 is 11.6 Å². The molecule has 0 saturated heterocycles. The van der Waals surface area contributed by atoms with Crippen molar-refractivity contribution >= 4 is 28.9 Å². The summed E-state index contributed by atoms with van der Waals surface area (Å²) in [6, 6.07) is 7.35. The Labute approximate surface area is 112 Å². The zero-order chi connectivity index (χ0) is 13.5. The molecule has 0 saturated carbocycles. The second-order valence-corrected chi connectivity index (χ2v) is 4.72. The SMILES string of the molecule is CC(C)C(=O)Nc1cccc(NCC(O)CCl)c1. The first-order valence-corrected chi connectivity index (χ1v) is 6.45. The Kier molecular flexibility index (Phi) is 5.95. The molecule has 1 unspecified atom stereocenters. The fourth-order valence-corrected chi connectivity index (χ4v) is 1.39. The number of anilines is 2. The van der Waals surface area contributed by atoms with E-state index in [2.05, 4.69) is 10.6 Å². The molecule has 1 atom stereocenters. The number of hydrogen-bond acceptors (Lipinski definition) is 3. The third-order valence-corrected chi connectivity index (χ3v) is 2.73. The highest BCUT2D eigenvalue weighted by molar-refractivity contribution is 6.18. The van der Waals surface area contributed by atoms with E-state index in [0.29, 0.717) is 6.54 Å². The topological polar surface area (TPSA) is 61.4 Å². The Bertz CT molecular complexity index is 396. The van der Waals surface area contributed by atoms with E-state index in [1.165, 1.54) is 0 Å². The zero-order valence-electron chi connectivity index (χ0n) is 10.6. The zero-order valence-corrected chi connectivity index (χ0v) is 11.4. The maximum absolute atomic E-state index is 11.5. The van der Waals surface area contributed by atoms with E-state index in [0.717, 1.165) is 11.4 Å². The summed E-state index contributed by atoms with van der Waals surface area (Å²) in [4.78, 5) is 11.5. The minimum absolute atomic E-state index is 0.0204. The monoisotopic (exact) mass is 270 g/mol. The maximum Gasteiger partial charge on any atom is 0.226 e. The summed E-state index contributed by atoms with van der Waals surface area (Å²) in [7, 11) is 0. The van der Waals surface area contributed by atoms with E-state index >= 15 is 0 Å². The van der Waals surface area contributed by atoms with Crippen molar-refractivity contribution in [2.24, 2.45) is 5.92 Å². The van der Waals surface area contributed by atoms with Crippen molar-refractivity contribution in [3.8, 4) is 0 Å². The molecule has 1 aromatic rings. The normalized spacial score (nSPS) is 12.3. The van der Waals surface area contributed by atoms with Crippen LogP contribution in [0.15, 0.2) is 24.3 Å². The molecule has 0 radical (unpaired) electrons. The Morgan fingerprint density at radius 1 is 1.39 bits per heavy atom. The predicted molar refractivity (Wildman–Crippen MR) is 75.1 cm³/mol. The van der Waals surface area contributed by atoms with E-state index in [9.17, 15) is 9.90 Å². The van der Waals surface area contributed by atoms with Crippen LogP contribution in [-0.2, 0) is 4.79 Å². The van der Waals surface area contributed by atoms with Crippen LogP contribution in [0.4, 0.5) is 11.4 Å². The number of benzene rings is 1. The molecule has 0 aromatic heterocycles. The first-order valence-electron chi connectivity index (χ1n) is 5.91. The lowest BCUT2D eigenvalue weighted by Crippen LogP contribution is -2.21. The average Bonchev–Trinajstić information content (AvgIpc) is 2.36. The van der Waals surface area contributed by atoms with Gasteiger partial charge in [0.05, 0.1) is 12.0 Å². The Morgan fingerprint density at radius 3 is 2.67 bits per heavy atom. The van der Waals surface area contributed by atoms with Crippen molar-refractivity contribution in [1.82, 2.24) is 0 Å². The van der Waals surface area contributed by atoms with E-state index in [4.69, 9.17) is 11.6 Å². The van der Waals surface area contributed by atoms with Gasteiger partial charge < -0.3 is 15.7 Å². The van der Waals surface area contributed by atoms with Crippen LogP contribution in [0.2, 0.25) is 0 Å². The first kappa shape index (κ1) is 14.8. The molecule has 18 heavy (non-hydrogen) atoms. The quantitative estimate of drug-likeness (QED) is 0.695. The Morgan fingerprint density at radius 2 is 2.06 bits per heavy atom. The van der Waals surface area contributed by atoms with Gasteiger partial charge in [-0.3, -0.25) is 4.79 Å². The Balaban J connectivity index is 2.59. The van der Waals surface area contributed by atoms with E-state index < -0.39 is 6.10 Å². The summed E-state index contributed by atoms with van der Waals surface area (Å²) in [6.07, 6.45) is -0.583. The minimum atomic E-state index is -0.583. The molecule has 0 spiro atoms. The summed E-state index contributed by atoms with van der Waals surface area (Å²) in [5, 5.41) is 15.2. The molecular formula is C13H19ClN2O2. The van der Waals surface area contributed by atoms with Gasteiger partial charge in [-0.15, -0.1) is 11.6 Å². The van der Waals surface area contributed by atoms with Crippen molar-refractivity contribution in [3.63, 3.8) is 0 Å². The highest BCUT2D eigenvalue weighted by Gasteiger charge is 2.07. The van der Waals surface area contributed by atoms with E-state index in [-0.39, 0.29) is 17.7 Å². The van der Waals surface area contributed by atoms with Crippen molar-refractivity contribution in [3.05, 3.63) is 24.3 Å². The van der Waals surface area contributed by atoms with Crippen LogP contribution in [0.1, 0.15) is 13.8 Å². The third-order valence-electron chi connectivity index (χ3n) is 2.37. The van der Waals surface area contributed by atoms with Gasteiger partial charge >= 0.3 is 0 Å². The highest BCUT2D eigenvalue weighted by atomic mass is 35.5. The molecule has 1 rings (SSSR count). The predicted octanol–water partition coefficient (Wildman–Crippen LogP) is 2.29. The maximum atomic E-state index is 11.5. The van der Waals surface area contributed by atoms with Gasteiger partial charge in [-0.2, -0.15) is 0 Å². The number of carbonyl (C=O) groups excluding carboxylic acids is 1. The summed E-state index contributed by atoms with van der Waals surface area (Å²) in [5.41, 5.74) is 1.57. The number of aliphatic hydroxyl groups is 1. The van der Waals surface area contributed by atoms with Gasteiger partial charge in [0.2, 0.25) is 5.91 Å². The molecule has 4 nitrogen and oxygen atoms in total. The number of amides is 1. The van der Waals surface area contributed by atoms with Gasteiger partial charge in [0.25, 0.3) is 0 Å². The summed E-state index contributed by atoms with van der Waals surface area (Å²) in [6.45, 7) is 4.06. The molecule has 0 aliphatic rings. The largest absolute Gasteiger partial charge is 0.390 e. The summed E-state index contributed by atoms with van der Waals surface area (Å²) >= 11 is 5.51. The van der Waals surface area contributed by atoms with E-state index in [1.807, 2.05) is 38.1 Å². The second kappa shape index (κ2) is 7.24. The van der Waals surface area contributed by atoms with Crippen molar-refractivity contribution in [2.75, 3.05) is 23.1 Å². The summed E-state index contributed by atoms with van der Waals surface area (Å²) < 4.78 is 0. The molecule has 0 aliphatic heterocycles. The lowest BCUT2D eigenvalue weighted by molar-refractivity contribution is -0.118. The molecule has 5 heteroatoms. The molecule has 100 valence electrons. The van der Waals surface area contributed by atoms with Crippen LogP contribution in [0.5, 0.6) is 0 Å². The molecule has 3 N–H and O–H groups in total. The van der Waals surface area contributed by atoms with Gasteiger partial charge in [0.15, 0.2) is 0 Å². The van der Waals surface area contributed by atoms with Gasteiger partial charge in [-0.25, -0.2) is 0 Å². The minimum Gasteiger partial charge on any atom is -0.390 e. The number of rotatable bonds is 6. The van der Waals surface area contributed by atoms with Crippen molar-refractivity contribution in [2.45, 2.75) is 20.0 Å². The highest BCUT2D eigenvalue weighted by Crippen LogP contribution is 2.15. The van der Waals surface area contributed by atoms with Gasteiger partial charge in [0, 0.05) is 23.8 Å². The molecule has 1 amide bonds. The molecule has 0 bridgehead atoms. The summed E-state index contributed by atoms with van der Waals surface area (Å²) in [5.74, 6) is 0.115. The smallest absolute Gasteiger partial charge is 0.226 e. The van der Waals surface area contributed by atoms with Crippen molar-refractivity contribution < 1.29 is 9.90 Å². The molecule has 1 aromatic carbocycles. The number of hydrogen-bond donors (Lipinski definition) is 3. The molecule has 0 aliphatic carbocycles. The number of halogens is 1. The average molecular weight is 271 g/mol. The lowest BCUT2D eigenvalue weighted by Gasteiger charge is -2.12. The number of nitrogens with one attached hydrogen (secondary N) is 2. The van der Waals surface area contributed by atoms with Gasteiger partial charge in [-0.1, -0.05) is 19.9 Å². The third kappa shape index (κ3) is 4.94. The van der Waals surface area contributed by atoms with Crippen LogP contribution in [0, 0.1) is 5.92 Å². The number of carbonyl (C=O) groups is 1. The second-order valence-electron chi connectivity index (χ2n) is 4.41. The van der Waals surface area contributed by atoms with E-state index in [1.54, 1.807) is 0 Å².